The molecule has 0 spiro atoms. The van der Waals surface area contributed by atoms with Gasteiger partial charge in [0.2, 0.25) is 10.0 Å². The third-order valence-corrected chi connectivity index (χ3v) is 6.47. The number of aryl methyl sites for hydroxylation is 2. The van der Waals surface area contributed by atoms with E-state index in [9.17, 15) is 8.42 Å². The Kier molecular flexibility index (Phi) is 6.31. The number of hydrogen-bond acceptors (Lipinski definition) is 4. The maximum atomic E-state index is 12.9. The van der Waals surface area contributed by atoms with Crippen LogP contribution in [-0.2, 0) is 16.4 Å². The molecule has 0 amide bonds. The van der Waals surface area contributed by atoms with Crippen molar-refractivity contribution in [3.63, 3.8) is 0 Å². The highest BCUT2D eigenvalue weighted by molar-refractivity contribution is 7.89. The lowest BCUT2D eigenvalue weighted by Gasteiger charge is -2.16. The molecule has 0 heterocycles. The van der Waals surface area contributed by atoms with Crippen LogP contribution in [0.2, 0.25) is 0 Å². The Labute approximate surface area is 156 Å². The van der Waals surface area contributed by atoms with Gasteiger partial charge in [-0.25, -0.2) is 13.1 Å². The molecule has 6 heteroatoms. The van der Waals surface area contributed by atoms with Crippen molar-refractivity contribution in [3.8, 4) is 11.5 Å². The molecule has 0 aliphatic carbocycles. The fourth-order valence-electron chi connectivity index (χ4n) is 3.05. The molecule has 2 rings (SSSR count). The zero-order valence-electron chi connectivity index (χ0n) is 16.3. The fourth-order valence-corrected chi connectivity index (χ4v) is 4.70. The van der Waals surface area contributed by atoms with Crippen LogP contribution in [0, 0.1) is 27.7 Å². The highest BCUT2D eigenvalue weighted by Crippen LogP contribution is 2.27. The molecule has 0 radical (unpaired) electrons. The van der Waals surface area contributed by atoms with Crippen LogP contribution in [0.3, 0.4) is 0 Å². The molecule has 0 aromatic heterocycles. The van der Waals surface area contributed by atoms with Crippen molar-refractivity contribution in [1.82, 2.24) is 4.72 Å². The second-order valence-electron chi connectivity index (χ2n) is 6.42. The molecule has 0 fully saturated rings. The van der Waals surface area contributed by atoms with Gasteiger partial charge in [0.1, 0.15) is 11.5 Å². The average molecular weight is 378 g/mol. The molecule has 2 aromatic rings. The smallest absolute Gasteiger partial charge is 0.241 e. The summed E-state index contributed by atoms with van der Waals surface area (Å²) in [6.45, 7) is 7.84. The minimum absolute atomic E-state index is 0.276. The standard InChI is InChI=1S/C20H27NO4S/c1-13-11-14(2)16(4)20(15(13)3)26(22,23)21-10-9-17-12-18(24-5)7-8-19(17)25-6/h7-8,11-12,21H,9-10H2,1-6H3. The summed E-state index contributed by atoms with van der Waals surface area (Å²) in [6.07, 6.45) is 0.502. The Morgan fingerprint density at radius 1 is 0.923 bits per heavy atom. The van der Waals surface area contributed by atoms with E-state index in [0.29, 0.717) is 22.8 Å². The number of rotatable bonds is 7. The number of nitrogens with one attached hydrogen (secondary N) is 1. The van der Waals surface area contributed by atoms with Gasteiger partial charge in [-0.1, -0.05) is 6.07 Å². The van der Waals surface area contributed by atoms with Crippen molar-refractivity contribution in [2.75, 3.05) is 20.8 Å². The predicted octanol–water partition coefficient (Wildman–Crippen LogP) is 3.46. The number of methoxy groups -OCH3 is 2. The maximum absolute atomic E-state index is 12.9. The number of sulfonamides is 1. The Balaban J connectivity index is 2.23. The lowest BCUT2D eigenvalue weighted by molar-refractivity contribution is 0.398. The van der Waals surface area contributed by atoms with E-state index >= 15 is 0 Å². The Morgan fingerprint density at radius 3 is 2.08 bits per heavy atom. The van der Waals surface area contributed by atoms with Crippen molar-refractivity contribution in [2.45, 2.75) is 39.0 Å². The summed E-state index contributed by atoms with van der Waals surface area (Å²) in [4.78, 5) is 0.382. The van der Waals surface area contributed by atoms with Crippen molar-refractivity contribution in [1.29, 1.82) is 0 Å². The van der Waals surface area contributed by atoms with E-state index in [0.717, 1.165) is 27.8 Å². The monoisotopic (exact) mass is 377 g/mol. The Morgan fingerprint density at radius 2 is 1.54 bits per heavy atom. The van der Waals surface area contributed by atoms with Gasteiger partial charge in [0.25, 0.3) is 0 Å². The number of hydrogen-bond donors (Lipinski definition) is 1. The second kappa shape index (κ2) is 8.10. The van der Waals surface area contributed by atoms with Gasteiger partial charge in [-0.05, 0) is 80.1 Å². The molecule has 142 valence electrons. The van der Waals surface area contributed by atoms with Crippen LogP contribution in [0.4, 0.5) is 0 Å². The molecule has 26 heavy (non-hydrogen) atoms. The molecule has 0 atom stereocenters. The van der Waals surface area contributed by atoms with E-state index in [1.54, 1.807) is 14.2 Å². The van der Waals surface area contributed by atoms with E-state index < -0.39 is 10.0 Å². The Bertz CT molecular complexity index is 878. The quantitative estimate of drug-likeness (QED) is 0.803. The first kappa shape index (κ1) is 20.3. The number of ether oxygens (including phenoxy) is 2. The molecular formula is C20H27NO4S. The van der Waals surface area contributed by atoms with Gasteiger partial charge in [-0.3, -0.25) is 0 Å². The first-order valence-electron chi connectivity index (χ1n) is 8.49. The van der Waals surface area contributed by atoms with E-state index in [-0.39, 0.29) is 6.54 Å². The van der Waals surface area contributed by atoms with Crippen molar-refractivity contribution >= 4 is 10.0 Å². The van der Waals surface area contributed by atoms with E-state index in [1.165, 1.54) is 0 Å². The largest absolute Gasteiger partial charge is 0.497 e. The zero-order valence-corrected chi connectivity index (χ0v) is 17.1. The van der Waals surface area contributed by atoms with Gasteiger partial charge in [-0.15, -0.1) is 0 Å². The van der Waals surface area contributed by atoms with Crippen LogP contribution < -0.4 is 14.2 Å². The molecule has 0 unspecified atom stereocenters. The fraction of sp³-hybridized carbons (Fsp3) is 0.400. The third-order valence-electron chi connectivity index (χ3n) is 4.74. The lowest BCUT2D eigenvalue weighted by atomic mass is 10.0. The van der Waals surface area contributed by atoms with Gasteiger partial charge in [-0.2, -0.15) is 0 Å². The van der Waals surface area contributed by atoms with Crippen molar-refractivity contribution in [3.05, 3.63) is 52.1 Å². The minimum atomic E-state index is -3.59. The summed E-state index contributed by atoms with van der Waals surface area (Å²) < 4.78 is 39.1. The molecule has 0 aliphatic heterocycles. The molecule has 0 saturated heterocycles. The van der Waals surface area contributed by atoms with Crippen LogP contribution in [-0.4, -0.2) is 29.2 Å². The highest BCUT2D eigenvalue weighted by atomic mass is 32.2. The minimum Gasteiger partial charge on any atom is -0.497 e. The summed E-state index contributed by atoms with van der Waals surface area (Å²) in [6, 6.07) is 7.51. The van der Waals surface area contributed by atoms with Gasteiger partial charge >= 0.3 is 0 Å². The summed E-state index contributed by atoms with van der Waals surface area (Å²) in [5.41, 5.74) is 4.42. The highest BCUT2D eigenvalue weighted by Gasteiger charge is 2.21. The molecule has 0 aliphatic rings. The van der Waals surface area contributed by atoms with E-state index in [1.807, 2.05) is 52.0 Å². The topological polar surface area (TPSA) is 64.6 Å². The lowest BCUT2D eigenvalue weighted by Crippen LogP contribution is -2.28. The van der Waals surface area contributed by atoms with E-state index in [4.69, 9.17) is 9.47 Å². The summed E-state index contributed by atoms with van der Waals surface area (Å²) >= 11 is 0. The van der Waals surface area contributed by atoms with Crippen LogP contribution >= 0.6 is 0 Å². The Hall–Kier alpha value is -2.05. The first-order chi connectivity index (χ1) is 12.2. The van der Waals surface area contributed by atoms with Gasteiger partial charge in [0, 0.05) is 6.54 Å². The SMILES string of the molecule is COc1ccc(OC)c(CCNS(=O)(=O)c2c(C)c(C)cc(C)c2C)c1. The third kappa shape index (κ3) is 4.19. The van der Waals surface area contributed by atoms with Gasteiger partial charge in [0.05, 0.1) is 19.1 Å². The summed E-state index contributed by atoms with van der Waals surface area (Å²) in [7, 11) is -0.402. The molecule has 0 saturated carbocycles. The maximum Gasteiger partial charge on any atom is 0.241 e. The van der Waals surface area contributed by atoms with E-state index in [2.05, 4.69) is 4.72 Å². The predicted molar refractivity (Wildman–Crippen MR) is 104 cm³/mol. The van der Waals surface area contributed by atoms with Gasteiger partial charge < -0.3 is 9.47 Å². The average Bonchev–Trinajstić information content (AvgIpc) is 2.59. The van der Waals surface area contributed by atoms with Crippen molar-refractivity contribution < 1.29 is 17.9 Å². The van der Waals surface area contributed by atoms with Crippen LogP contribution in [0.1, 0.15) is 27.8 Å². The molecule has 0 bridgehead atoms. The zero-order chi connectivity index (χ0) is 19.5. The summed E-state index contributed by atoms with van der Waals surface area (Å²) in [5.74, 6) is 1.42. The molecule has 1 N–H and O–H groups in total. The number of benzene rings is 2. The van der Waals surface area contributed by atoms with Crippen LogP contribution in [0.5, 0.6) is 11.5 Å². The molecule has 5 nitrogen and oxygen atoms in total. The molecule has 2 aromatic carbocycles. The normalized spacial score (nSPS) is 11.5. The summed E-state index contributed by atoms with van der Waals surface area (Å²) in [5, 5.41) is 0. The van der Waals surface area contributed by atoms with Crippen LogP contribution in [0.25, 0.3) is 0 Å². The van der Waals surface area contributed by atoms with Gasteiger partial charge in [0.15, 0.2) is 0 Å². The second-order valence-corrected chi connectivity index (χ2v) is 8.12. The van der Waals surface area contributed by atoms with Crippen LogP contribution in [0.15, 0.2) is 29.2 Å². The van der Waals surface area contributed by atoms with Crippen molar-refractivity contribution in [2.24, 2.45) is 0 Å². The first-order valence-corrected chi connectivity index (χ1v) is 9.97. The molecular weight excluding hydrogens is 350 g/mol.